The molecule has 1 atom stereocenters. The van der Waals surface area contributed by atoms with Crippen LogP contribution in [0.1, 0.15) is 6.42 Å². The van der Waals surface area contributed by atoms with Gasteiger partial charge in [-0.25, -0.2) is 0 Å². The first kappa shape index (κ1) is 9.42. The van der Waals surface area contributed by atoms with Gasteiger partial charge in [-0.1, -0.05) is 11.3 Å². The molecule has 0 aliphatic carbocycles. The predicted octanol–water partition coefficient (Wildman–Crippen LogP) is 1.23. The number of β-amino-alcohol motifs (C(OH)–C–C–N with tert-alkyl or cyclic N) is 1. The minimum atomic E-state index is -0.370. The van der Waals surface area contributed by atoms with Gasteiger partial charge in [0.2, 0.25) is 0 Å². The number of hydrogen-bond acceptors (Lipinski definition) is 5. The van der Waals surface area contributed by atoms with Crippen molar-refractivity contribution < 1.29 is 10.0 Å². The van der Waals surface area contributed by atoms with Gasteiger partial charge in [0.05, 0.1) is 11.0 Å². The summed E-state index contributed by atoms with van der Waals surface area (Å²) in [6.07, 6.45) is 0.335. The molecular formula is C8H10N2O3S. The van der Waals surface area contributed by atoms with Crippen molar-refractivity contribution in [2.24, 2.45) is 0 Å². The third kappa shape index (κ3) is 1.58. The van der Waals surface area contributed by atoms with Gasteiger partial charge in [0, 0.05) is 13.1 Å². The lowest BCUT2D eigenvalue weighted by Gasteiger charge is -2.14. The number of thiophene rings is 1. The van der Waals surface area contributed by atoms with Crippen molar-refractivity contribution in [2.75, 3.05) is 18.0 Å². The van der Waals surface area contributed by atoms with Crippen molar-refractivity contribution >= 4 is 22.0 Å². The summed E-state index contributed by atoms with van der Waals surface area (Å²) in [5.41, 5.74) is 0.636. The van der Waals surface area contributed by atoms with Crippen molar-refractivity contribution in [1.82, 2.24) is 0 Å². The molecule has 1 aliphatic heterocycles. The number of nitro groups is 1. The molecule has 1 fully saturated rings. The van der Waals surface area contributed by atoms with Gasteiger partial charge in [0.25, 0.3) is 0 Å². The molecule has 0 spiro atoms. The molecule has 2 rings (SSSR count). The van der Waals surface area contributed by atoms with E-state index >= 15 is 0 Å². The van der Waals surface area contributed by atoms with Crippen LogP contribution < -0.4 is 4.90 Å². The number of aliphatic hydroxyl groups is 1. The van der Waals surface area contributed by atoms with Gasteiger partial charge in [-0.15, -0.1) is 0 Å². The van der Waals surface area contributed by atoms with Crippen LogP contribution in [0.4, 0.5) is 10.7 Å². The zero-order valence-corrected chi connectivity index (χ0v) is 8.24. The van der Waals surface area contributed by atoms with Crippen molar-refractivity contribution in [3.63, 3.8) is 0 Å². The maximum atomic E-state index is 10.6. The van der Waals surface area contributed by atoms with Gasteiger partial charge >= 0.3 is 5.00 Å². The first-order valence-electron chi connectivity index (χ1n) is 4.33. The summed E-state index contributed by atoms with van der Waals surface area (Å²) >= 11 is 1.12. The van der Waals surface area contributed by atoms with Crippen LogP contribution in [0.2, 0.25) is 0 Å². The second-order valence-electron chi connectivity index (χ2n) is 3.26. The smallest absolute Gasteiger partial charge is 0.347 e. The SMILES string of the molecule is O=[N+]([O-])c1sccc1N1CC[C@@H](O)C1. The maximum absolute atomic E-state index is 10.6. The van der Waals surface area contributed by atoms with E-state index in [2.05, 4.69) is 0 Å². The second-order valence-corrected chi connectivity index (χ2v) is 4.15. The molecule has 0 saturated carbocycles. The fraction of sp³-hybridized carbons (Fsp3) is 0.500. The highest BCUT2D eigenvalue weighted by Gasteiger charge is 2.27. The minimum absolute atomic E-state index is 0.166. The fourth-order valence-corrected chi connectivity index (χ4v) is 2.36. The zero-order chi connectivity index (χ0) is 10.1. The Morgan fingerprint density at radius 1 is 1.71 bits per heavy atom. The number of anilines is 1. The van der Waals surface area contributed by atoms with Crippen LogP contribution in [0.3, 0.4) is 0 Å². The highest BCUT2D eigenvalue weighted by Crippen LogP contribution is 2.35. The average molecular weight is 214 g/mol. The third-order valence-corrected chi connectivity index (χ3v) is 3.15. The Balaban J connectivity index is 2.23. The fourth-order valence-electron chi connectivity index (χ4n) is 1.63. The molecule has 76 valence electrons. The van der Waals surface area contributed by atoms with Crippen molar-refractivity contribution in [2.45, 2.75) is 12.5 Å². The van der Waals surface area contributed by atoms with E-state index in [4.69, 9.17) is 0 Å². The van der Waals surface area contributed by atoms with E-state index in [1.165, 1.54) is 0 Å². The van der Waals surface area contributed by atoms with E-state index in [0.29, 0.717) is 25.2 Å². The minimum Gasteiger partial charge on any atom is -0.391 e. The number of nitrogens with zero attached hydrogens (tertiary/aromatic N) is 2. The molecule has 2 heterocycles. The summed E-state index contributed by atoms with van der Waals surface area (Å²) in [5, 5.41) is 21.8. The molecule has 0 unspecified atom stereocenters. The first-order chi connectivity index (χ1) is 6.68. The molecule has 1 saturated heterocycles. The van der Waals surface area contributed by atoms with Gasteiger partial charge in [-0.05, 0) is 17.9 Å². The summed E-state index contributed by atoms with van der Waals surface area (Å²) in [4.78, 5) is 12.1. The lowest BCUT2D eigenvalue weighted by Crippen LogP contribution is -2.21. The Morgan fingerprint density at radius 2 is 2.50 bits per heavy atom. The Hall–Kier alpha value is -1.14. The molecular weight excluding hydrogens is 204 g/mol. The molecule has 1 aromatic heterocycles. The van der Waals surface area contributed by atoms with E-state index in [1.54, 1.807) is 11.4 Å². The molecule has 14 heavy (non-hydrogen) atoms. The van der Waals surface area contributed by atoms with Crippen LogP contribution in [-0.2, 0) is 0 Å². The lowest BCUT2D eigenvalue weighted by atomic mass is 10.3. The summed E-state index contributed by atoms with van der Waals surface area (Å²) in [6.45, 7) is 1.19. The zero-order valence-electron chi connectivity index (χ0n) is 7.42. The molecule has 6 heteroatoms. The van der Waals surface area contributed by atoms with Crippen molar-refractivity contribution in [1.29, 1.82) is 0 Å². The number of aliphatic hydroxyl groups excluding tert-OH is 1. The van der Waals surface area contributed by atoms with Crippen LogP contribution in [-0.4, -0.2) is 29.2 Å². The molecule has 0 radical (unpaired) electrons. The van der Waals surface area contributed by atoms with Gasteiger partial charge in [-0.3, -0.25) is 10.1 Å². The average Bonchev–Trinajstić information content (AvgIpc) is 2.70. The Labute approximate surface area is 84.7 Å². The quantitative estimate of drug-likeness (QED) is 0.594. The third-order valence-electron chi connectivity index (χ3n) is 2.29. The molecule has 1 N–H and O–H groups in total. The van der Waals surface area contributed by atoms with E-state index in [9.17, 15) is 15.2 Å². The standard InChI is InChI=1S/C8H10N2O3S/c11-6-1-3-9(5-6)7-2-4-14-8(7)10(12)13/h2,4,6,11H,1,3,5H2/t6-/m1/s1. The van der Waals surface area contributed by atoms with E-state index in [0.717, 1.165) is 11.3 Å². The summed E-state index contributed by atoms with van der Waals surface area (Å²) in [5.74, 6) is 0. The highest BCUT2D eigenvalue weighted by atomic mass is 32.1. The first-order valence-corrected chi connectivity index (χ1v) is 5.21. The Bertz CT molecular complexity index is 352. The van der Waals surface area contributed by atoms with Crippen LogP contribution in [0.25, 0.3) is 0 Å². The van der Waals surface area contributed by atoms with Crippen molar-refractivity contribution in [3.05, 3.63) is 21.6 Å². The molecule has 0 aromatic carbocycles. The van der Waals surface area contributed by atoms with Crippen LogP contribution in [0, 0.1) is 10.1 Å². The molecule has 0 bridgehead atoms. The van der Waals surface area contributed by atoms with E-state index < -0.39 is 0 Å². The van der Waals surface area contributed by atoms with Crippen LogP contribution in [0.5, 0.6) is 0 Å². The Kier molecular flexibility index (Phi) is 2.39. The molecule has 1 aromatic rings. The topological polar surface area (TPSA) is 66.6 Å². The molecule has 1 aliphatic rings. The van der Waals surface area contributed by atoms with Crippen molar-refractivity contribution in [3.8, 4) is 0 Å². The predicted molar refractivity (Wildman–Crippen MR) is 53.8 cm³/mol. The maximum Gasteiger partial charge on any atom is 0.347 e. The van der Waals surface area contributed by atoms with Crippen LogP contribution >= 0.6 is 11.3 Å². The highest BCUT2D eigenvalue weighted by molar-refractivity contribution is 7.14. The van der Waals surface area contributed by atoms with Gasteiger partial charge < -0.3 is 10.0 Å². The van der Waals surface area contributed by atoms with Gasteiger partial charge in [0.1, 0.15) is 5.69 Å². The summed E-state index contributed by atoms with van der Waals surface area (Å²) in [6, 6.07) is 1.74. The summed E-state index contributed by atoms with van der Waals surface area (Å²) in [7, 11) is 0. The van der Waals surface area contributed by atoms with Gasteiger partial charge in [-0.2, -0.15) is 0 Å². The van der Waals surface area contributed by atoms with E-state index in [1.807, 2.05) is 4.90 Å². The number of rotatable bonds is 2. The normalized spacial score (nSPS) is 21.5. The second kappa shape index (κ2) is 3.55. The van der Waals surface area contributed by atoms with Crippen LogP contribution in [0.15, 0.2) is 11.4 Å². The molecule has 5 nitrogen and oxygen atoms in total. The van der Waals surface area contributed by atoms with E-state index in [-0.39, 0.29) is 16.0 Å². The molecule has 0 amide bonds. The Morgan fingerprint density at radius 3 is 3.07 bits per heavy atom. The largest absolute Gasteiger partial charge is 0.391 e. The number of hydrogen-bond donors (Lipinski definition) is 1. The lowest BCUT2D eigenvalue weighted by molar-refractivity contribution is -0.379. The van der Waals surface area contributed by atoms with Gasteiger partial charge in [0.15, 0.2) is 0 Å². The summed E-state index contributed by atoms with van der Waals surface area (Å²) < 4.78 is 0. The monoisotopic (exact) mass is 214 g/mol.